The lowest BCUT2D eigenvalue weighted by Gasteiger charge is -2.13. The second-order valence-electron chi connectivity index (χ2n) is 4.17. The standard InChI is InChI=1S/C14H17ClN2O3/c1-3-4-19-12-7-10-11(16-9-17-14(10)15)8-13(12)20-6-5-18-2/h7-9H,3-6H2,1-2H3. The van der Waals surface area contributed by atoms with Gasteiger partial charge in [-0.3, -0.25) is 0 Å². The van der Waals surface area contributed by atoms with Crippen LogP contribution in [0.15, 0.2) is 18.5 Å². The van der Waals surface area contributed by atoms with E-state index < -0.39 is 0 Å². The molecular weight excluding hydrogens is 280 g/mol. The SMILES string of the molecule is CCCOc1cc2c(Cl)ncnc2cc1OCCOC. The first-order valence-corrected chi connectivity index (χ1v) is 6.82. The average molecular weight is 297 g/mol. The van der Waals surface area contributed by atoms with E-state index in [9.17, 15) is 0 Å². The molecule has 0 saturated heterocycles. The van der Waals surface area contributed by atoms with Crippen LogP contribution in [-0.4, -0.2) is 36.9 Å². The number of nitrogens with zero attached hydrogens (tertiary/aromatic N) is 2. The lowest BCUT2D eigenvalue weighted by molar-refractivity contribution is 0.143. The van der Waals surface area contributed by atoms with Crippen molar-refractivity contribution < 1.29 is 14.2 Å². The summed E-state index contributed by atoms with van der Waals surface area (Å²) in [5, 5.41) is 1.15. The van der Waals surface area contributed by atoms with E-state index in [1.54, 1.807) is 7.11 Å². The second kappa shape index (κ2) is 7.26. The quantitative estimate of drug-likeness (QED) is 0.580. The first-order chi connectivity index (χ1) is 9.76. The van der Waals surface area contributed by atoms with Crippen molar-refractivity contribution in [1.29, 1.82) is 0 Å². The topological polar surface area (TPSA) is 53.5 Å². The molecule has 1 aromatic carbocycles. The van der Waals surface area contributed by atoms with E-state index in [1.165, 1.54) is 6.33 Å². The molecule has 0 amide bonds. The number of hydrogen-bond acceptors (Lipinski definition) is 5. The van der Waals surface area contributed by atoms with E-state index in [1.807, 2.05) is 19.1 Å². The molecule has 0 aliphatic rings. The highest BCUT2D eigenvalue weighted by Crippen LogP contribution is 2.34. The molecule has 0 radical (unpaired) electrons. The van der Waals surface area contributed by atoms with Gasteiger partial charge in [0.2, 0.25) is 0 Å². The maximum absolute atomic E-state index is 6.07. The zero-order valence-corrected chi connectivity index (χ0v) is 12.3. The summed E-state index contributed by atoms with van der Waals surface area (Å²) in [5.74, 6) is 1.28. The zero-order chi connectivity index (χ0) is 14.4. The number of halogens is 1. The van der Waals surface area contributed by atoms with Gasteiger partial charge in [-0.15, -0.1) is 0 Å². The number of benzene rings is 1. The lowest BCUT2D eigenvalue weighted by Crippen LogP contribution is -2.06. The normalized spacial score (nSPS) is 10.8. The third kappa shape index (κ3) is 3.49. The summed E-state index contributed by atoms with van der Waals surface area (Å²) >= 11 is 6.07. The molecule has 20 heavy (non-hydrogen) atoms. The van der Waals surface area contributed by atoms with Crippen LogP contribution in [0.3, 0.4) is 0 Å². The molecule has 1 heterocycles. The van der Waals surface area contributed by atoms with Crippen LogP contribution in [0.2, 0.25) is 5.15 Å². The molecule has 0 unspecified atom stereocenters. The van der Waals surface area contributed by atoms with Gasteiger partial charge in [0.15, 0.2) is 11.5 Å². The third-order valence-corrected chi connectivity index (χ3v) is 2.96. The Labute approximate surface area is 122 Å². The monoisotopic (exact) mass is 296 g/mol. The second-order valence-corrected chi connectivity index (χ2v) is 4.53. The van der Waals surface area contributed by atoms with Crippen molar-refractivity contribution in [1.82, 2.24) is 9.97 Å². The van der Waals surface area contributed by atoms with Crippen LogP contribution in [0.4, 0.5) is 0 Å². The van der Waals surface area contributed by atoms with Crippen LogP contribution in [-0.2, 0) is 4.74 Å². The van der Waals surface area contributed by atoms with Gasteiger partial charge in [-0.25, -0.2) is 9.97 Å². The van der Waals surface area contributed by atoms with E-state index in [0.717, 1.165) is 17.3 Å². The Balaban J connectivity index is 2.35. The largest absolute Gasteiger partial charge is 0.490 e. The first kappa shape index (κ1) is 14.8. The van der Waals surface area contributed by atoms with Gasteiger partial charge in [0.25, 0.3) is 0 Å². The minimum absolute atomic E-state index is 0.403. The molecule has 0 bridgehead atoms. The maximum Gasteiger partial charge on any atom is 0.163 e. The number of fused-ring (bicyclic) bond motifs is 1. The molecule has 0 aliphatic heterocycles. The van der Waals surface area contributed by atoms with Gasteiger partial charge in [0, 0.05) is 18.6 Å². The Morgan fingerprint density at radius 2 is 1.80 bits per heavy atom. The van der Waals surface area contributed by atoms with Crippen LogP contribution in [0.25, 0.3) is 10.9 Å². The highest BCUT2D eigenvalue weighted by atomic mass is 35.5. The minimum atomic E-state index is 0.403. The summed E-state index contributed by atoms with van der Waals surface area (Å²) in [5.41, 5.74) is 0.723. The van der Waals surface area contributed by atoms with Crippen molar-refractivity contribution >= 4 is 22.5 Å². The molecule has 6 heteroatoms. The van der Waals surface area contributed by atoms with Gasteiger partial charge in [0.05, 0.1) is 18.7 Å². The zero-order valence-electron chi connectivity index (χ0n) is 11.6. The van der Waals surface area contributed by atoms with Crippen molar-refractivity contribution in [3.05, 3.63) is 23.6 Å². The number of methoxy groups -OCH3 is 1. The van der Waals surface area contributed by atoms with Crippen molar-refractivity contribution in [2.45, 2.75) is 13.3 Å². The molecule has 0 aliphatic carbocycles. The van der Waals surface area contributed by atoms with Crippen LogP contribution >= 0.6 is 11.6 Å². The molecule has 108 valence electrons. The fourth-order valence-electron chi connectivity index (χ4n) is 1.71. The molecule has 0 N–H and O–H groups in total. The average Bonchev–Trinajstić information content (AvgIpc) is 2.46. The molecule has 5 nitrogen and oxygen atoms in total. The van der Waals surface area contributed by atoms with E-state index in [-0.39, 0.29) is 0 Å². The summed E-state index contributed by atoms with van der Waals surface area (Å²) in [7, 11) is 1.63. The van der Waals surface area contributed by atoms with Gasteiger partial charge in [-0.1, -0.05) is 18.5 Å². The van der Waals surface area contributed by atoms with Crippen molar-refractivity contribution in [2.75, 3.05) is 26.9 Å². The van der Waals surface area contributed by atoms with Crippen molar-refractivity contribution in [2.24, 2.45) is 0 Å². The number of rotatable bonds is 7. The van der Waals surface area contributed by atoms with Gasteiger partial charge in [-0.2, -0.15) is 0 Å². The molecule has 0 atom stereocenters. The molecule has 0 fully saturated rings. The predicted octanol–water partition coefficient (Wildman–Crippen LogP) is 3.10. The Bertz CT molecular complexity index is 578. The minimum Gasteiger partial charge on any atom is -0.490 e. The third-order valence-electron chi connectivity index (χ3n) is 2.66. The Morgan fingerprint density at radius 3 is 2.55 bits per heavy atom. The molecule has 0 spiro atoms. The smallest absolute Gasteiger partial charge is 0.163 e. The lowest BCUT2D eigenvalue weighted by atomic mass is 10.2. The van der Waals surface area contributed by atoms with Gasteiger partial charge in [0.1, 0.15) is 18.1 Å². The maximum atomic E-state index is 6.07. The first-order valence-electron chi connectivity index (χ1n) is 6.45. The highest BCUT2D eigenvalue weighted by Gasteiger charge is 2.11. The fourth-order valence-corrected chi connectivity index (χ4v) is 1.90. The molecule has 0 saturated carbocycles. The summed E-state index contributed by atoms with van der Waals surface area (Å²) in [6.07, 6.45) is 2.34. The van der Waals surface area contributed by atoms with Crippen LogP contribution in [0.5, 0.6) is 11.5 Å². The summed E-state index contributed by atoms with van der Waals surface area (Å²) in [4.78, 5) is 8.16. The fraction of sp³-hybridized carbons (Fsp3) is 0.429. The van der Waals surface area contributed by atoms with Gasteiger partial charge in [-0.05, 0) is 12.5 Å². The van der Waals surface area contributed by atoms with E-state index >= 15 is 0 Å². The van der Waals surface area contributed by atoms with E-state index in [2.05, 4.69) is 9.97 Å². The number of hydrogen-bond donors (Lipinski definition) is 0. The van der Waals surface area contributed by atoms with Gasteiger partial charge < -0.3 is 14.2 Å². The van der Waals surface area contributed by atoms with Crippen LogP contribution < -0.4 is 9.47 Å². The summed E-state index contributed by atoms with van der Waals surface area (Å²) in [6.45, 7) is 3.61. The van der Waals surface area contributed by atoms with Gasteiger partial charge >= 0.3 is 0 Å². The molecule has 2 aromatic rings. The van der Waals surface area contributed by atoms with E-state index in [0.29, 0.717) is 36.5 Å². The van der Waals surface area contributed by atoms with Crippen molar-refractivity contribution in [3.8, 4) is 11.5 Å². The summed E-state index contributed by atoms with van der Waals surface area (Å²) < 4.78 is 16.3. The van der Waals surface area contributed by atoms with Crippen molar-refractivity contribution in [3.63, 3.8) is 0 Å². The molecule has 1 aromatic heterocycles. The highest BCUT2D eigenvalue weighted by molar-refractivity contribution is 6.34. The van der Waals surface area contributed by atoms with Crippen LogP contribution in [0, 0.1) is 0 Å². The Hall–Kier alpha value is -1.59. The van der Waals surface area contributed by atoms with E-state index in [4.69, 9.17) is 25.8 Å². The summed E-state index contributed by atoms with van der Waals surface area (Å²) in [6, 6.07) is 3.62. The molecule has 2 rings (SSSR count). The number of ether oxygens (including phenoxy) is 3. The predicted molar refractivity (Wildman–Crippen MR) is 77.7 cm³/mol. The Kier molecular flexibility index (Phi) is 5.38. The Morgan fingerprint density at radius 1 is 1.05 bits per heavy atom. The molecular formula is C14H17ClN2O3. The van der Waals surface area contributed by atoms with Crippen LogP contribution in [0.1, 0.15) is 13.3 Å². The number of aromatic nitrogens is 2.